The van der Waals surface area contributed by atoms with E-state index in [1.165, 1.54) is 0 Å². The number of rotatable bonds is 1. The predicted octanol–water partition coefficient (Wildman–Crippen LogP) is 3.18. The van der Waals surface area contributed by atoms with Crippen molar-refractivity contribution < 1.29 is 9.47 Å². The molecule has 1 aromatic heterocycles. The van der Waals surface area contributed by atoms with Crippen LogP contribution in [0.4, 0.5) is 0 Å². The predicted molar refractivity (Wildman–Crippen MR) is 73.8 cm³/mol. The molecule has 0 saturated carbocycles. The van der Waals surface area contributed by atoms with Crippen LogP contribution in [-0.2, 0) is 16.5 Å². The topological polar surface area (TPSA) is 36.3 Å². The van der Waals surface area contributed by atoms with E-state index in [9.17, 15) is 0 Å². The largest absolute Gasteiger partial charge is 0.339 e. The van der Waals surface area contributed by atoms with E-state index < -0.39 is 0 Å². The van der Waals surface area contributed by atoms with Gasteiger partial charge in [-0.05, 0) is 39.8 Å². The summed E-state index contributed by atoms with van der Waals surface area (Å²) in [5, 5.41) is 0. The second-order valence-corrected chi connectivity index (χ2v) is 6.19. The molecule has 4 nitrogen and oxygen atoms in total. The first kappa shape index (κ1) is 12.6. The molecule has 2 aromatic rings. The highest BCUT2D eigenvalue weighted by atomic mass is 16.7. The highest BCUT2D eigenvalue weighted by Gasteiger charge is 2.49. The molecule has 1 aliphatic heterocycles. The first-order chi connectivity index (χ1) is 8.80. The van der Waals surface area contributed by atoms with Crippen LogP contribution in [0.2, 0.25) is 0 Å². The molecular formula is C15H20N2O2. The number of ether oxygens (including phenoxy) is 2. The first-order valence-corrected chi connectivity index (χ1v) is 6.57. The quantitative estimate of drug-likeness (QED) is 0.790. The van der Waals surface area contributed by atoms with Crippen molar-refractivity contribution in [2.75, 3.05) is 0 Å². The van der Waals surface area contributed by atoms with Gasteiger partial charge in [-0.2, -0.15) is 0 Å². The molecule has 4 heteroatoms. The lowest BCUT2D eigenvalue weighted by Gasteiger charge is -2.30. The average molecular weight is 260 g/mol. The number of hydrogen-bond donors (Lipinski definition) is 0. The Hall–Kier alpha value is -1.39. The molecule has 102 valence electrons. The highest BCUT2D eigenvalue weighted by molar-refractivity contribution is 5.76. The molecule has 0 unspecified atom stereocenters. The van der Waals surface area contributed by atoms with E-state index in [4.69, 9.17) is 9.47 Å². The van der Waals surface area contributed by atoms with Gasteiger partial charge in [-0.1, -0.05) is 6.07 Å². The smallest absolute Gasteiger partial charge is 0.185 e. The SMILES string of the molecule is Cn1cnc2ccc(C3OC(C)(C)C(C)(C)O3)cc21. The molecule has 0 radical (unpaired) electrons. The third-order valence-electron chi connectivity index (χ3n) is 4.27. The van der Waals surface area contributed by atoms with E-state index in [2.05, 4.69) is 38.7 Å². The number of aryl methyl sites for hydroxylation is 1. The third-order valence-corrected chi connectivity index (χ3v) is 4.27. The molecule has 19 heavy (non-hydrogen) atoms. The zero-order chi connectivity index (χ0) is 13.8. The molecule has 0 aliphatic carbocycles. The summed E-state index contributed by atoms with van der Waals surface area (Å²) < 4.78 is 14.1. The molecule has 0 N–H and O–H groups in total. The molecular weight excluding hydrogens is 240 g/mol. The average Bonchev–Trinajstić information content (AvgIpc) is 2.78. The monoisotopic (exact) mass is 260 g/mol. The Balaban J connectivity index is 2.00. The Kier molecular flexibility index (Phi) is 2.53. The number of aromatic nitrogens is 2. The van der Waals surface area contributed by atoms with Gasteiger partial charge in [-0.25, -0.2) is 4.98 Å². The maximum absolute atomic E-state index is 6.06. The summed E-state index contributed by atoms with van der Waals surface area (Å²) in [4.78, 5) is 4.32. The van der Waals surface area contributed by atoms with Gasteiger partial charge in [-0.3, -0.25) is 0 Å². The van der Waals surface area contributed by atoms with Crippen LogP contribution in [0.25, 0.3) is 11.0 Å². The van der Waals surface area contributed by atoms with E-state index in [-0.39, 0.29) is 17.5 Å². The van der Waals surface area contributed by atoms with E-state index >= 15 is 0 Å². The number of imidazole rings is 1. The summed E-state index contributed by atoms with van der Waals surface area (Å²) in [7, 11) is 1.99. The fraction of sp³-hybridized carbons (Fsp3) is 0.533. The fourth-order valence-corrected chi connectivity index (χ4v) is 2.27. The summed E-state index contributed by atoms with van der Waals surface area (Å²) in [5.41, 5.74) is 2.50. The van der Waals surface area contributed by atoms with Crippen molar-refractivity contribution in [1.29, 1.82) is 0 Å². The Labute approximate surface area is 113 Å². The minimum atomic E-state index is -0.315. The normalized spacial score (nSPS) is 22.2. The molecule has 2 heterocycles. The molecule has 3 rings (SSSR count). The highest BCUT2D eigenvalue weighted by Crippen LogP contribution is 2.44. The number of fused-ring (bicyclic) bond motifs is 1. The number of nitrogens with zero attached hydrogens (tertiary/aromatic N) is 2. The lowest BCUT2D eigenvalue weighted by atomic mass is 9.90. The Morgan fingerprint density at radius 2 is 1.74 bits per heavy atom. The van der Waals surface area contributed by atoms with E-state index in [0.717, 1.165) is 16.6 Å². The van der Waals surface area contributed by atoms with Crippen molar-refractivity contribution in [3.8, 4) is 0 Å². The van der Waals surface area contributed by atoms with E-state index in [0.29, 0.717) is 0 Å². The van der Waals surface area contributed by atoms with Gasteiger partial charge < -0.3 is 14.0 Å². The second-order valence-electron chi connectivity index (χ2n) is 6.19. The van der Waals surface area contributed by atoms with Gasteiger partial charge in [0.25, 0.3) is 0 Å². The van der Waals surface area contributed by atoms with Gasteiger partial charge in [0.1, 0.15) is 0 Å². The Morgan fingerprint density at radius 3 is 2.37 bits per heavy atom. The summed E-state index contributed by atoms with van der Waals surface area (Å²) in [6.07, 6.45) is 1.50. The van der Waals surface area contributed by atoms with E-state index in [1.807, 2.05) is 30.1 Å². The van der Waals surface area contributed by atoms with Gasteiger partial charge in [-0.15, -0.1) is 0 Å². The minimum Gasteiger partial charge on any atom is -0.339 e. The van der Waals surface area contributed by atoms with Crippen molar-refractivity contribution >= 4 is 11.0 Å². The molecule has 1 aromatic carbocycles. The van der Waals surface area contributed by atoms with Crippen LogP contribution < -0.4 is 0 Å². The van der Waals surface area contributed by atoms with Gasteiger partial charge in [0, 0.05) is 12.6 Å². The van der Waals surface area contributed by atoms with Gasteiger partial charge in [0.2, 0.25) is 0 Å². The van der Waals surface area contributed by atoms with Gasteiger partial charge in [0.05, 0.1) is 28.6 Å². The fourth-order valence-electron chi connectivity index (χ4n) is 2.27. The van der Waals surface area contributed by atoms with Crippen molar-refractivity contribution in [2.45, 2.75) is 45.2 Å². The van der Waals surface area contributed by atoms with Crippen LogP contribution in [0, 0.1) is 0 Å². The molecule has 1 aliphatic rings. The maximum atomic E-state index is 6.06. The van der Waals surface area contributed by atoms with Crippen LogP contribution in [0.5, 0.6) is 0 Å². The van der Waals surface area contributed by atoms with Crippen LogP contribution in [0.15, 0.2) is 24.5 Å². The summed E-state index contributed by atoms with van der Waals surface area (Å²) in [5.74, 6) is 0. The minimum absolute atomic E-state index is 0.306. The second kappa shape index (κ2) is 3.81. The first-order valence-electron chi connectivity index (χ1n) is 6.57. The van der Waals surface area contributed by atoms with E-state index in [1.54, 1.807) is 0 Å². The van der Waals surface area contributed by atoms with Crippen LogP contribution in [0.1, 0.15) is 39.5 Å². The molecule has 0 spiro atoms. The summed E-state index contributed by atoms with van der Waals surface area (Å²) in [6.45, 7) is 8.26. The summed E-state index contributed by atoms with van der Waals surface area (Å²) >= 11 is 0. The third kappa shape index (κ3) is 1.86. The Morgan fingerprint density at radius 1 is 1.11 bits per heavy atom. The Bertz CT molecular complexity index is 612. The van der Waals surface area contributed by atoms with Crippen molar-refractivity contribution in [3.05, 3.63) is 30.1 Å². The van der Waals surface area contributed by atoms with Gasteiger partial charge >= 0.3 is 0 Å². The lowest BCUT2D eigenvalue weighted by molar-refractivity contribution is -0.0895. The molecule has 1 saturated heterocycles. The van der Waals surface area contributed by atoms with Crippen LogP contribution in [-0.4, -0.2) is 20.8 Å². The summed E-state index contributed by atoms with van der Waals surface area (Å²) in [6, 6.07) is 6.12. The standard InChI is InChI=1S/C15H20N2O2/c1-14(2)15(3,4)19-13(18-14)10-6-7-11-12(8-10)17(5)9-16-11/h6-9,13H,1-5H3. The van der Waals surface area contributed by atoms with Crippen molar-refractivity contribution in [1.82, 2.24) is 9.55 Å². The van der Waals surface area contributed by atoms with Crippen LogP contribution in [0.3, 0.4) is 0 Å². The molecule has 0 amide bonds. The zero-order valence-electron chi connectivity index (χ0n) is 12.1. The maximum Gasteiger partial charge on any atom is 0.185 e. The zero-order valence-corrected chi connectivity index (χ0v) is 12.1. The van der Waals surface area contributed by atoms with Crippen molar-refractivity contribution in [3.63, 3.8) is 0 Å². The molecule has 0 atom stereocenters. The van der Waals surface area contributed by atoms with Gasteiger partial charge in [0.15, 0.2) is 6.29 Å². The lowest BCUT2D eigenvalue weighted by Crippen LogP contribution is -2.41. The molecule has 0 bridgehead atoms. The molecule has 1 fully saturated rings. The number of benzene rings is 1. The van der Waals surface area contributed by atoms with Crippen molar-refractivity contribution in [2.24, 2.45) is 7.05 Å². The van der Waals surface area contributed by atoms with Crippen LogP contribution >= 0.6 is 0 Å². The number of hydrogen-bond acceptors (Lipinski definition) is 3.